The molecule has 8 heteroatoms. The number of hydrogen-bond donors (Lipinski definition) is 0. The molecule has 0 bridgehead atoms. The van der Waals surface area contributed by atoms with Crippen molar-refractivity contribution >= 4 is 23.6 Å². The standard InChI is InChI=1S/C23H28N4O4/c1-17(2)25(22(28)13-8-18-6-9-20(10-7-18)27(30)31)16-23(29)26(19-11-12-19)15-21-5-4-14-24(21)3/h4-10,13-14,17,19H,11-12,15-16H2,1-3H3/b13-8+. The fourth-order valence-electron chi connectivity index (χ4n) is 3.36. The van der Waals surface area contributed by atoms with E-state index in [1.54, 1.807) is 23.1 Å². The SMILES string of the molecule is CC(C)N(CC(=O)N(Cc1cccn1C)C1CC1)C(=O)/C=C/c1ccc([N+](=O)[O-])cc1. The number of nitrogens with zero attached hydrogens (tertiary/aromatic N) is 4. The number of carbonyl (C=O) groups is 2. The summed E-state index contributed by atoms with van der Waals surface area (Å²) in [4.78, 5) is 39.6. The van der Waals surface area contributed by atoms with Crippen LogP contribution in [-0.2, 0) is 23.2 Å². The fourth-order valence-corrected chi connectivity index (χ4v) is 3.36. The molecule has 2 aromatic rings. The van der Waals surface area contributed by atoms with E-state index in [0.29, 0.717) is 12.1 Å². The van der Waals surface area contributed by atoms with Gasteiger partial charge in [-0.25, -0.2) is 0 Å². The van der Waals surface area contributed by atoms with Crippen LogP contribution in [0.2, 0.25) is 0 Å². The Labute approximate surface area is 181 Å². The molecule has 8 nitrogen and oxygen atoms in total. The molecule has 0 aliphatic heterocycles. The Hall–Kier alpha value is -3.42. The smallest absolute Gasteiger partial charge is 0.269 e. The zero-order valence-electron chi connectivity index (χ0n) is 18.1. The van der Waals surface area contributed by atoms with Crippen LogP contribution in [0.25, 0.3) is 6.08 Å². The van der Waals surface area contributed by atoms with Gasteiger partial charge < -0.3 is 14.4 Å². The van der Waals surface area contributed by atoms with E-state index in [2.05, 4.69) is 0 Å². The monoisotopic (exact) mass is 424 g/mol. The van der Waals surface area contributed by atoms with Gasteiger partial charge >= 0.3 is 0 Å². The van der Waals surface area contributed by atoms with Crippen LogP contribution in [0.3, 0.4) is 0 Å². The largest absolute Gasteiger partial charge is 0.353 e. The minimum atomic E-state index is -0.466. The number of benzene rings is 1. The van der Waals surface area contributed by atoms with Crippen molar-refractivity contribution in [2.75, 3.05) is 6.54 Å². The highest BCUT2D eigenvalue weighted by Gasteiger charge is 2.34. The highest BCUT2D eigenvalue weighted by atomic mass is 16.6. The second kappa shape index (κ2) is 9.59. The highest BCUT2D eigenvalue weighted by molar-refractivity contribution is 5.94. The number of rotatable bonds is 9. The molecule has 3 rings (SSSR count). The van der Waals surface area contributed by atoms with Crippen molar-refractivity contribution < 1.29 is 14.5 Å². The molecule has 1 aromatic carbocycles. The molecule has 0 saturated heterocycles. The first-order valence-electron chi connectivity index (χ1n) is 10.4. The quantitative estimate of drug-likeness (QED) is 0.351. The lowest BCUT2D eigenvalue weighted by Gasteiger charge is -2.29. The first-order valence-corrected chi connectivity index (χ1v) is 10.4. The Morgan fingerprint density at radius 2 is 1.90 bits per heavy atom. The van der Waals surface area contributed by atoms with Crippen molar-refractivity contribution in [1.29, 1.82) is 0 Å². The lowest BCUT2D eigenvalue weighted by Crippen LogP contribution is -2.46. The third-order valence-electron chi connectivity index (χ3n) is 5.43. The molecular formula is C23H28N4O4. The van der Waals surface area contributed by atoms with Crippen LogP contribution < -0.4 is 0 Å². The van der Waals surface area contributed by atoms with Gasteiger partial charge in [-0.2, -0.15) is 0 Å². The number of nitro benzene ring substituents is 1. The van der Waals surface area contributed by atoms with Gasteiger partial charge in [0.25, 0.3) is 5.69 Å². The molecule has 0 unspecified atom stereocenters. The van der Waals surface area contributed by atoms with E-state index in [0.717, 1.165) is 18.5 Å². The van der Waals surface area contributed by atoms with E-state index in [1.807, 2.05) is 48.7 Å². The van der Waals surface area contributed by atoms with Crippen molar-refractivity contribution in [2.24, 2.45) is 7.05 Å². The molecule has 1 saturated carbocycles. The average molecular weight is 425 g/mol. The Morgan fingerprint density at radius 3 is 2.42 bits per heavy atom. The maximum absolute atomic E-state index is 13.1. The molecule has 1 aliphatic carbocycles. The summed E-state index contributed by atoms with van der Waals surface area (Å²) in [7, 11) is 1.96. The van der Waals surface area contributed by atoms with Crippen LogP contribution in [0, 0.1) is 10.1 Å². The summed E-state index contributed by atoms with van der Waals surface area (Å²) < 4.78 is 2.00. The summed E-state index contributed by atoms with van der Waals surface area (Å²) in [6, 6.07) is 10.0. The lowest BCUT2D eigenvalue weighted by molar-refractivity contribution is -0.384. The van der Waals surface area contributed by atoms with E-state index in [4.69, 9.17) is 0 Å². The summed E-state index contributed by atoms with van der Waals surface area (Å²) in [5.41, 5.74) is 1.73. The first kappa shape index (κ1) is 22.3. The number of hydrogen-bond acceptors (Lipinski definition) is 4. The van der Waals surface area contributed by atoms with E-state index < -0.39 is 4.92 Å². The Bertz CT molecular complexity index is 974. The van der Waals surface area contributed by atoms with Crippen LogP contribution in [0.5, 0.6) is 0 Å². The summed E-state index contributed by atoms with van der Waals surface area (Å²) >= 11 is 0. The average Bonchev–Trinajstić information content (AvgIpc) is 3.50. The minimum absolute atomic E-state index is 0.00345. The molecule has 0 spiro atoms. The molecule has 0 radical (unpaired) electrons. The maximum Gasteiger partial charge on any atom is 0.269 e. The zero-order valence-corrected chi connectivity index (χ0v) is 18.1. The molecule has 1 heterocycles. The van der Waals surface area contributed by atoms with Gasteiger partial charge in [-0.15, -0.1) is 0 Å². The van der Waals surface area contributed by atoms with E-state index in [1.165, 1.54) is 18.2 Å². The normalized spacial score (nSPS) is 13.5. The molecule has 1 aromatic heterocycles. The summed E-state index contributed by atoms with van der Waals surface area (Å²) in [6.07, 6.45) is 6.96. The van der Waals surface area contributed by atoms with Gasteiger partial charge in [0.1, 0.15) is 6.54 Å². The van der Waals surface area contributed by atoms with Gasteiger partial charge in [0.2, 0.25) is 11.8 Å². The molecular weight excluding hydrogens is 396 g/mol. The third-order valence-corrected chi connectivity index (χ3v) is 5.43. The van der Waals surface area contributed by atoms with Gasteiger partial charge in [-0.3, -0.25) is 19.7 Å². The van der Waals surface area contributed by atoms with E-state index in [9.17, 15) is 19.7 Å². The Morgan fingerprint density at radius 1 is 1.23 bits per heavy atom. The third kappa shape index (κ3) is 5.81. The number of non-ortho nitro benzene ring substituents is 1. The lowest BCUT2D eigenvalue weighted by atomic mass is 10.2. The molecule has 164 valence electrons. The first-order chi connectivity index (χ1) is 14.8. The van der Waals surface area contributed by atoms with Crippen molar-refractivity contribution in [3.63, 3.8) is 0 Å². The number of amides is 2. The summed E-state index contributed by atoms with van der Waals surface area (Å²) in [6.45, 7) is 4.31. The van der Waals surface area contributed by atoms with Gasteiger partial charge in [0.15, 0.2) is 0 Å². The second-order valence-corrected chi connectivity index (χ2v) is 8.11. The van der Waals surface area contributed by atoms with Crippen molar-refractivity contribution in [3.05, 3.63) is 70.0 Å². The predicted molar refractivity (Wildman–Crippen MR) is 118 cm³/mol. The van der Waals surface area contributed by atoms with Crippen molar-refractivity contribution in [2.45, 2.75) is 45.3 Å². The van der Waals surface area contributed by atoms with Crippen molar-refractivity contribution in [1.82, 2.24) is 14.4 Å². The van der Waals surface area contributed by atoms with E-state index >= 15 is 0 Å². The predicted octanol–water partition coefficient (Wildman–Crippen LogP) is 3.37. The van der Waals surface area contributed by atoms with Crippen LogP contribution in [0.1, 0.15) is 37.9 Å². The molecule has 2 amide bonds. The topological polar surface area (TPSA) is 88.7 Å². The number of carbonyl (C=O) groups excluding carboxylic acids is 2. The number of aromatic nitrogens is 1. The molecule has 1 aliphatic rings. The molecule has 31 heavy (non-hydrogen) atoms. The van der Waals surface area contributed by atoms with Crippen LogP contribution in [0.15, 0.2) is 48.7 Å². The zero-order chi connectivity index (χ0) is 22.5. The molecule has 0 atom stereocenters. The van der Waals surface area contributed by atoms with Crippen LogP contribution in [-0.4, -0.2) is 49.7 Å². The van der Waals surface area contributed by atoms with Gasteiger partial charge in [0, 0.05) is 49.2 Å². The number of aryl methyl sites for hydroxylation is 1. The van der Waals surface area contributed by atoms with Gasteiger partial charge in [-0.05, 0) is 62.6 Å². The second-order valence-electron chi connectivity index (χ2n) is 8.11. The van der Waals surface area contributed by atoms with Crippen molar-refractivity contribution in [3.8, 4) is 0 Å². The van der Waals surface area contributed by atoms with Crippen LogP contribution >= 0.6 is 0 Å². The molecule has 1 fully saturated rings. The Balaban J connectivity index is 1.67. The maximum atomic E-state index is 13.1. The number of nitro groups is 1. The van der Waals surface area contributed by atoms with Gasteiger partial charge in [-0.1, -0.05) is 0 Å². The Kier molecular flexibility index (Phi) is 6.89. The van der Waals surface area contributed by atoms with Crippen LogP contribution in [0.4, 0.5) is 5.69 Å². The van der Waals surface area contributed by atoms with Gasteiger partial charge in [0.05, 0.1) is 11.5 Å². The molecule has 0 N–H and O–H groups in total. The highest BCUT2D eigenvalue weighted by Crippen LogP contribution is 2.28. The van der Waals surface area contributed by atoms with E-state index in [-0.39, 0.29) is 36.1 Å². The summed E-state index contributed by atoms with van der Waals surface area (Å²) in [5.74, 6) is -0.328. The fraction of sp³-hybridized carbons (Fsp3) is 0.391. The summed E-state index contributed by atoms with van der Waals surface area (Å²) in [5, 5.41) is 10.8. The minimum Gasteiger partial charge on any atom is -0.353 e.